The lowest BCUT2D eigenvalue weighted by molar-refractivity contribution is 0.319. The molecule has 7 heteroatoms. The smallest absolute Gasteiger partial charge is 0.301 e. The molecule has 0 amide bonds. The quantitative estimate of drug-likeness (QED) is 0.475. The van der Waals surface area contributed by atoms with Gasteiger partial charge in [0.15, 0.2) is 0 Å². The summed E-state index contributed by atoms with van der Waals surface area (Å²) in [4.78, 5) is 0. The van der Waals surface area contributed by atoms with Gasteiger partial charge in [0.2, 0.25) is 0 Å². The van der Waals surface area contributed by atoms with Crippen LogP contribution in [-0.4, -0.2) is 36.7 Å². The molecule has 1 aromatic carbocycles. The van der Waals surface area contributed by atoms with Gasteiger partial charge >= 0.3 is 10.2 Å². The van der Waals surface area contributed by atoms with Crippen molar-refractivity contribution in [2.45, 2.75) is 20.8 Å². The maximum Gasteiger partial charge on any atom is 0.301 e. The van der Waals surface area contributed by atoms with Crippen LogP contribution in [0.15, 0.2) is 29.4 Å². The first-order valence-electron chi connectivity index (χ1n) is 6.01. The van der Waals surface area contributed by atoms with Crippen LogP contribution in [0.1, 0.15) is 26.3 Å². The fourth-order valence-corrected chi connectivity index (χ4v) is 2.86. The summed E-state index contributed by atoms with van der Waals surface area (Å²) in [5, 5.41) is 11.7. The summed E-state index contributed by atoms with van der Waals surface area (Å²) < 4.78 is 27.8. The first-order valence-corrected chi connectivity index (χ1v) is 7.45. The summed E-state index contributed by atoms with van der Waals surface area (Å²) in [6.45, 7) is 6.06. The zero-order valence-electron chi connectivity index (χ0n) is 11.3. The summed E-state index contributed by atoms with van der Waals surface area (Å²) in [6.07, 6.45) is 0. The van der Waals surface area contributed by atoms with Crippen molar-refractivity contribution in [1.82, 2.24) is 4.31 Å². The van der Waals surface area contributed by atoms with Crippen LogP contribution in [0.5, 0.6) is 0 Å². The molecule has 0 radical (unpaired) electrons. The van der Waals surface area contributed by atoms with E-state index in [-0.39, 0.29) is 0 Å². The Balaban J connectivity index is 2.89. The summed E-state index contributed by atoms with van der Waals surface area (Å²) in [6, 6.07) is 6.64. The molecule has 0 bridgehead atoms. The zero-order valence-corrected chi connectivity index (χ0v) is 12.1. The van der Waals surface area contributed by atoms with Gasteiger partial charge in [-0.3, -0.25) is 4.72 Å². The van der Waals surface area contributed by atoms with E-state index in [9.17, 15) is 8.42 Å². The van der Waals surface area contributed by atoms with Crippen molar-refractivity contribution in [3.8, 4) is 0 Å². The van der Waals surface area contributed by atoms with E-state index in [1.807, 2.05) is 0 Å². The van der Waals surface area contributed by atoms with Crippen LogP contribution in [0.3, 0.4) is 0 Å². The predicted octanol–water partition coefficient (Wildman–Crippen LogP) is 1.88. The molecule has 1 aromatic rings. The summed E-state index contributed by atoms with van der Waals surface area (Å²) in [7, 11) is -3.51. The highest BCUT2D eigenvalue weighted by Crippen LogP contribution is 2.13. The second kappa shape index (κ2) is 6.53. The topological polar surface area (TPSA) is 82.0 Å². The number of rotatable bonds is 6. The van der Waals surface area contributed by atoms with Crippen LogP contribution in [0.4, 0.5) is 5.69 Å². The highest BCUT2D eigenvalue weighted by Gasteiger charge is 2.18. The molecule has 0 fully saturated rings. The van der Waals surface area contributed by atoms with Crippen LogP contribution in [0.2, 0.25) is 0 Å². The van der Waals surface area contributed by atoms with Crippen molar-refractivity contribution in [3.63, 3.8) is 0 Å². The molecule has 0 saturated heterocycles. The molecule has 0 spiro atoms. The van der Waals surface area contributed by atoms with Crippen molar-refractivity contribution in [2.24, 2.45) is 5.16 Å². The summed E-state index contributed by atoms with van der Waals surface area (Å²) in [5.74, 6) is 0. The number of nitrogens with one attached hydrogen (secondary N) is 1. The molecule has 0 aliphatic rings. The van der Waals surface area contributed by atoms with Gasteiger partial charge in [0.1, 0.15) is 0 Å². The number of nitrogens with zero attached hydrogens (tertiary/aromatic N) is 2. The van der Waals surface area contributed by atoms with E-state index in [0.29, 0.717) is 24.5 Å². The molecule has 2 N–H and O–H groups in total. The van der Waals surface area contributed by atoms with Crippen molar-refractivity contribution in [1.29, 1.82) is 0 Å². The van der Waals surface area contributed by atoms with Crippen LogP contribution in [-0.2, 0) is 10.2 Å². The number of hydrogen-bond acceptors (Lipinski definition) is 4. The minimum atomic E-state index is -3.51. The Labute approximate surface area is 113 Å². The van der Waals surface area contributed by atoms with E-state index < -0.39 is 10.2 Å². The molecule has 0 aliphatic heterocycles. The Bertz CT molecular complexity index is 534. The van der Waals surface area contributed by atoms with E-state index in [1.54, 1.807) is 45.0 Å². The molecule has 0 atom stereocenters. The third-order valence-corrected chi connectivity index (χ3v) is 4.43. The van der Waals surface area contributed by atoms with Gasteiger partial charge in [-0.25, -0.2) is 0 Å². The molecule has 1 rings (SSSR count). The first-order chi connectivity index (χ1) is 8.94. The lowest BCUT2D eigenvalue weighted by Crippen LogP contribution is -2.35. The number of hydrogen-bond donors (Lipinski definition) is 2. The van der Waals surface area contributed by atoms with Gasteiger partial charge < -0.3 is 5.21 Å². The Morgan fingerprint density at radius 1 is 1.26 bits per heavy atom. The Morgan fingerprint density at radius 3 is 2.21 bits per heavy atom. The summed E-state index contributed by atoms with van der Waals surface area (Å²) in [5.41, 5.74) is 1.67. The minimum absolute atomic E-state index is 0.417. The number of anilines is 1. The van der Waals surface area contributed by atoms with Crippen LogP contribution in [0, 0.1) is 0 Å². The average molecular weight is 285 g/mol. The fraction of sp³-hybridized carbons (Fsp3) is 0.417. The highest BCUT2D eigenvalue weighted by molar-refractivity contribution is 7.90. The van der Waals surface area contributed by atoms with E-state index in [2.05, 4.69) is 9.88 Å². The van der Waals surface area contributed by atoms with Gasteiger partial charge in [0, 0.05) is 18.8 Å². The monoisotopic (exact) mass is 285 g/mol. The molecule has 0 saturated carbocycles. The average Bonchev–Trinajstić information content (AvgIpc) is 2.39. The first kappa shape index (κ1) is 15.5. The van der Waals surface area contributed by atoms with Crippen LogP contribution in [0.25, 0.3) is 0 Å². The maximum atomic E-state index is 12.0. The molecule has 106 valence electrons. The third kappa shape index (κ3) is 3.93. The SMILES string of the molecule is CCN(CC)S(=O)(=O)Nc1ccc(/C(C)=N/O)cc1. The van der Waals surface area contributed by atoms with Gasteiger partial charge in [-0.1, -0.05) is 31.1 Å². The fourth-order valence-electron chi connectivity index (χ4n) is 1.61. The van der Waals surface area contributed by atoms with Gasteiger partial charge in [-0.15, -0.1) is 0 Å². The van der Waals surface area contributed by atoms with Gasteiger partial charge in [-0.2, -0.15) is 12.7 Å². The predicted molar refractivity (Wildman–Crippen MR) is 75.9 cm³/mol. The lowest BCUT2D eigenvalue weighted by Gasteiger charge is -2.19. The molecular formula is C12H19N3O3S. The Hall–Kier alpha value is -1.60. The Morgan fingerprint density at radius 2 is 1.79 bits per heavy atom. The summed E-state index contributed by atoms with van der Waals surface area (Å²) >= 11 is 0. The van der Waals surface area contributed by atoms with Gasteiger partial charge in [-0.05, 0) is 24.6 Å². The van der Waals surface area contributed by atoms with Crippen LogP contribution >= 0.6 is 0 Å². The van der Waals surface area contributed by atoms with Crippen molar-refractivity contribution >= 4 is 21.6 Å². The van der Waals surface area contributed by atoms with Crippen LogP contribution < -0.4 is 4.72 Å². The molecule has 19 heavy (non-hydrogen) atoms. The lowest BCUT2D eigenvalue weighted by atomic mass is 10.1. The van der Waals surface area contributed by atoms with Crippen molar-refractivity contribution in [3.05, 3.63) is 29.8 Å². The molecular weight excluding hydrogens is 266 g/mol. The number of oxime groups is 1. The molecule has 6 nitrogen and oxygen atoms in total. The molecule has 0 aliphatic carbocycles. The number of benzene rings is 1. The normalized spacial score (nSPS) is 12.7. The van der Waals surface area contributed by atoms with E-state index in [1.165, 1.54) is 4.31 Å². The second-order valence-corrected chi connectivity index (χ2v) is 5.62. The van der Waals surface area contributed by atoms with E-state index >= 15 is 0 Å². The highest BCUT2D eigenvalue weighted by atomic mass is 32.2. The molecule has 0 unspecified atom stereocenters. The van der Waals surface area contributed by atoms with Gasteiger partial charge in [0.25, 0.3) is 0 Å². The molecule has 0 heterocycles. The second-order valence-electron chi connectivity index (χ2n) is 3.95. The minimum Gasteiger partial charge on any atom is -0.411 e. The van der Waals surface area contributed by atoms with E-state index in [0.717, 1.165) is 5.56 Å². The zero-order chi connectivity index (χ0) is 14.5. The largest absolute Gasteiger partial charge is 0.411 e. The Kier molecular flexibility index (Phi) is 5.31. The maximum absolute atomic E-state index is 12.0. The standard InChI is InChI=1S/C12H19N3O3S/c1-4-15(5-2)19(17,18)14-12-8-6-11(7-9-12)10(3)13-16/h6-9,14,16H,4-5H2,1-3H3/b13-10+. The van der Waals surface area contributed by atoms with Gasteiger partial charge in [0.05, 0.1) is 5.71 Å². The van der Waals surface area contributed by atoms with Crippen molar-refractivity contribution < 1.29 is 13.6 Å². The van der Waals surface area contributed by atoms with E-state index in [4.69, 9.17) is 5.21 Å². The van der Waals surface area contributed by atoms with Crippen molar-refractivity contribution in [2.75, 3.05) is 17.8 Å². The molecule has 0 aromatic heterocycles. The third-order valence-electron chi connectivity index (χ3n) is 2.74.